The second-order valence-corrected chi connectivity index (χ2v) is 4.16. The van der Waals surface area contributed by atoms with Crippen molar-refractivity contribution in [3.8, 4) is 5.75 Å². The molecule has 1 atom stereocenters. The first-order valence-electron chi connectivity index (χ1n) is 5.65. The molecule has 0 amide bonds. The minimum atomic E-state index is 0.366. The van der Waals surface area contributed by atoms with E-state index in [4.69, 9.17) is 4.74 Å². The van der Waals surface area contributed by atoms with E-state index in [1.807, 2.05) is 12.1 Å². The van der Waals surface area contributed by atoms with Crippen LogP contribution in [0.1, 0.15) is 31.9 Å². The second kappa shape index (κ2) is 6.33. The quantitative estimate of drug-likeness (QED) is 0.741. The smallest absolute Gasteiger partial charge is 0.118 e. The Balaban J connectivity index is 2.45. The molecule has 0 spiro atoms. The number of rotatable bonds is 6. The molecular weight excluding hydrogens is 198 g/mol. The molecule has 16 heavy (non-hydrogen) atoms. The summed E-state index contributed by atoms with van der Waals surface area (Å²) in [7, 11) is 1.68. The van der Waals surface area contributed by atoms with Crippen molar-refractivity contribution in [1.29, 1.82) is 0 Å². The van der Waals surface area contributed by atoms with Crippen LogP contribution in [-0.2, 0) is 0 Å². The van der Waals surface area contributed by atoms with Crippen LogP contribution >= 0.6 is 0 Å². The lowest BCUT2D eigenvalue weighted by molar-refractivity contribution is 0.414. The molecule has 0 heterocycles. The van der Waals surface area contributed by atoms with Crippen LogP contribution in [0.25, 0.3) is 0 Å². The van der Waals surface area contributed by atoms with Crippen LogP contribution in [-0.4, -0.2) is 13.7 Å². The van der Waals surface area contributed by atoms with Gasteiger partial charge < -0.3 is 10.1 Å². The highest BCUT2D eigenvalue weighted by Gasteiger charge is 2.03. The van der Waals surface area contributed by atoms with E-state index in [1.54, 1.807) is 7.11 Å². The SMILES string of the molecule is C=C(C)CCN[C@@H](C)c1ccc(OC)cc1. The Labute approximate surface area is 98.3 Å². The minimum Gasteiger partial charge on any atom is -0.497 e. The van der Waals surface area contributed by atoms with E-state index in [9.17, 15) is 0 Å². The van der Waals surface area contributed by atoms with Crippen LogP contribution in [0.5, 0.6) is 5.75 Å². The summed E-state index contributed by atoms with van der Waals surface area (Å²) in [5, 5.41) is 3.47. The van der Waals surface area contributed by atoms with Crippen LogP contribution in [0, 0.1) is 0 Å². The third-order valence-electron chi connectivity index (χ3n) is 2.62. The van der Waals surface area contributed by atoms with E-state index in [0.29, 0.717) is 6.04 Å². The molecule has 1 rings (SSSR count). The minimum absolute atomic E-state index is 0.366. The highest BCUT2D eigenvalue weighted by Crippen LogP contribution is 2.17. The van der Waals surface area contributed by atoms with Crippen LogP contribution in [0.2, 0.25) is 0 Å². The maximum Gasteiger partial charge on any atom is 0.118 e. The zero-order valence-electron chi connectivity index (χ0n) is 10.4. The van der Waals surface area contributed by atoms with Crippen molar-refractivity contribution in [2.45, 2.75) is 26.3 Å². The van der Waals surface area contributed by atoms with Crippen molar-refractivity contribution in [3.63, 3.8) is 0 Å². The molecule has 1 N–H and O–H groups in total. The Bertz CT molecular complexity index is 329. The van der Waals surface area contributed by atoms with Gasteiger partial charge in [0.25, 0.3) is 0 Å². The standard InChI is InChI=1S/C14H21NO/c1-11(2)9-10-15-12(3)13-5-7-14(16-4)8-6-13/h5-8,12,15H,1,9-10H2,2-4H3/t12-/m0/s1. The normalized spacial score (nSPS) is 12.2. The number of benzene rings is 1. The lowest BCUT2D eigenvalue weighted by Gasteiger charge is -2.14. The molecule has 0 bridgehead atoms. The van der Waals surface area contributed by atoms with Gasteiger partial charge >= 0.3 is 0 Å². The number of hydrogen-bond donors (Lipinski definition) is 1. The van der Waals surface area contributed by atoms with Crippen molar-refractivity contribution in [1.82, 2.24) is 5.32 Å². The van der Waals surface area contributed by atoms with Gasteiger partial charge in [0.2, 0.25) is 0 Å². The monoisotopic (exact) mass is 219 g/mol. The molecule has 1 aromatic rings. The predicted octanol–water partition coefficient (Wildman–Crippen LogP) is 3.31. The van der Waals surface area contributed by atoms with Gasteiger partial charge in [-0.15, -0.1) is 6.58 Å². The molecule has 2 heteroatoms. The van der Waals surface area contributed by atoms with Gasteiger partial charge in [-0.3, -0.25) is 0 Å². The number of ether oxygens (including phenoxy) is 1. The molecule has 0 aliphatic rings. The number of hydrogen-bond acceptors (Lipinski definition) is 2. The van der Waals surface area contributed by atoms with Crippen molar-refractivity contribution in [3.05, 3.63) is 42.0 Å². The van der Waals surface area contributed by atoms with Gasteiger partial charge in [-0.2, -0.15) is 0 Å². The molecule has 0 fully saturated rings. The lowest BCUT2D eigenvalue weighted by atomic mass is 10.1. The van der Waals surface area contributed by atoms with Crippen LogP contribution < -0.4 is 10.1 Å². The fourth-order valence-corrected chi connectivity index (χ4v) is 1.51. The summed E-state index contributed by atoms with van der Waals surface area (Å²) in [5.41, 5.74) is 2.50. The Morgan fingerprint density at radius 3 is 2.50 bits per heavy atom. The fraction of sp³-hybridized carbons (Fsp3) is 0.429. The summed E-state index contributed by atoms with van der Waals surface area (Å²) in [4.78, 5) is 0. The molecule has 0 aliphatic heterocycles. The number of methoxy groups -OCH3 is 1. The topological polar surface area (TPSA) is 21.3 Å². The van der Waals surface area contributed by atoms with Gasteiger partial charge in [-0.05, 0) is 44.5 Å². The average Bonchev–Trinajstić information content (AvgIpc) is 2.28. The second-order valence-electron chi connectivity index (χ2n) is 4.16. The van der Waals surface area contributed by atoms with E-state index in [1.165, 1.54) is 11.1 Å². The first kappa shape index (κ1) is 12.8. The van der Waals surface area contributed by atoms with Gasteiger partial charge in [-0.1, -0.05) is 17.7 Å². The molecule has 1 aromatic carbocycles. The molecule has 2 nitrogen and oxygen atoms in total. The average molecular weight is 219 g/mol. The lowest BCUT2D eigenvalue weighted by Crippen LogP contribution is -2.19. The summed E-state index contributed by atoms with van der Waals surface area (Å²) < 4.78 is 5.13. The molecule has 0 aromatic heterocycles. The maximum absolute atomic E-state index is 5.13. The van der Waals surface area contributed by atoms with Crippen LogP contribution in [0.3, 0.4) is 0 Å². The summed E-state index contributed by atoms with van der Waals surface area (Å²) in [5.74, 6) is 0.901. The van der Waals surface area contributed by atoms with E-state index in [2.05, 4.69) is 37.9 Å². The van der Waals surface area contributed by atoms with Gasteiger partial charge in [0, 0.05) is 6.04 Å². The summed E-state index contributed by atoms with van der Waals surface area (Å²) in [6.45, 7) is 9.09. The van der Waals surface area contributed by atoms with Crippen molar-refractivity contribution < 1.29 is 4.74 Å². The zero-order valence-corrected chi connectivity index (χ0v) is 10.4. The fourth-order valence-electron chi connectivity index (χ4n) is 1.51. The summed E-state index contributed by atoms with van der Waals surface area (Å²) >= 11 is 0. The van der Waals surface area contributed by atoms with Gasteiger partial charge in [0.05, 0.1) is 7.11 Å². The molecular formula is C14H21NO. The Hall–Kier alpha value is -1.28. The Morgan fingerprint density at radius 2 is 2.00 bits per heavy atom. The van der Waals surface area contributed by atoms with Crippen molar-refractivity contribution in [2.24, 2.45) is 0 Å². The largest absolute Gasteiger partial charge is 0.497 e. The molecule has 0 unspecified atom stereocenters. The van der Waals surface area contributed by atoms with Crippen molar-refractivity contribution >= 4 is 0 Å². The van der Waals surface area contributed by atoms with E-state index >= 15 is 0 Å². The van der Waals surface area contributed by atoms with Crippen molar-refractivity contribution in [2.75, 3.05) is 13.7 Å². The van der Waals surface area contributed by atoms with Crippen LogP contribution in [0.4, 0.5) is 0 Å². The molecule has 0 radical (unpaired) electrons. The highest BCUT2D eigenvalue weighted by molar-refractivity contribution is 5.28. The highest BCUT2D eigenvalue weighted by atomic mass is 16.5. The summed E-state index contributed by atoms with van der Waals surface area (Å²) in [6.07, 6.45) is 1.03. The zero-order chi connectivity index (χ0) is 12.0. The maximum atomic E-state index is 5.13. The summed E-state index contributed by atoms with van der Waals surface area (Å²) in [6, 6.07) is 8.54. The molecule has 0 aliphatic carbocycles. The van der Waals surface area contributed by atoms with E-state index < -0.39 is 0 Å². The predicted molar refractivity (Wildman–Crippen MR) is 68.8 cm³/mol. The Kier molecular flexibility index (Phi) is 5.06. The van der Waals surface area contributed by atoms with Gasteiger partial charge in [0.1, 0.15) is 5.75 Å². The third-order valence-corrected chi connectivity index (χ3v) is 2.62. The van der Waals surface area contributed by atoms with E-state index in [0.717, 1.165) is 18.7 Å². The Morgan fingerprint density at radius 1 is 1.38 bits per heavy atom. The van der Waals surface area contributed by atoms with E-state index in [-0.39, 0.29) is 0 Å². The molecule has 0 saturated carbocycles. The van der Waals surface area contributed by atoms with Crippen LogP contribution in [0.15, 0.2) is 36.4 Å². The molecule has 88 valence electrons. The van der Waals surface area contributed by atoms with Gasteiger partial charge in [0.15, 0.2) is 0 Å². The van der Waals surface area contributed by atoms with Gasteiger partial charge in [-0.25, -0.2) is 0 Å². The molecule has 0 saturated heterocycles. The third kappa shape index (κ3) is 4.07. The first-order valence-corrected chi connectivity index (χ1v) is 5.65. The first-order chi connectivity index (χ1) is 7.63. The number of nitrogens with one attached hydrogen (secondary N) is 1.